The van der Waals surface area contributed by atoms with E-state index in [1.165, 1.54) is 4.70 Å². The summed E-state index contributed by atoms with van der Waals surface area (Å²) in [6, 6.07) is 10.4. The molecule has 0 fully saturated rings. The molecule has 3 rings (SSSR count). The van der Waals surface area contributed by atoms with Crippen LogP contribution in [0.2, 0.25) is 0 Å². The van der Waals surface area contributed by atoms with Crippen molar-refractivity contribution in [1.29, 1.82) is 0 Å². The molecule has 0 bridgehead atoms. The molecule has 30 heavy (non-hydrogen) atoms. The summed E-state index contributed by atoms with van der Waals surface area (Å²) in [7, 11) is 6.00. The maximum Gasteiger partial charge on any atom is 0.191 e. The molecule has 164 valence electrons. The van der Waals surface area contributed by atoms with Crippen LogP contribution in [0.5, 0.6) is 0 Å². The number of halogens is 1. The number of benzene rings is 1. The van der Waals surface area contributed by atoms with Crippen LogP contribution in [-0.2, 0) is 7.05 Å². The molecule has 1 aromatic carbocycles. The second-order valence-corrected chi connectivity index (χ2v) is 8.35. The number of hydrogen-bond acceptors (Lipinski definition) is 5. The summed E-state index contributed by atoms with van der Waals surface area (Å²) in [4.78, 5) is 7.83. The first kappa shape index (κ1) is 24.6. The molecule has 9 heteroatoms. The monoisotopic (exact) mass is 542 g/mol. The van der Waals surface area contributed by atoms with Gasteiger partial charge in [-0.25, -0.2) is 0 Å². The van der Waals surface area contributed by atoms with Gasteiger partial charge in [0.15, 0.2) is 5.96 Å². The van der Waals surface area contributed by atoms with Crippen LogP contribution in [0, 0.1) is 0 Å². The van der Waals surface area contributed by atoms with E-state index in [0.29, 0.717) is 19.0 Å². The number of aliphatic imine (C=N–C) groups is 1. The second kappa shape index (κ2) is 11.6. The molecule has 2 atom stereocenters. The first-order chi connectivity index (χ1) is 14.0. The van der Waals surface area contributed by atoms with E-state index in [4.69, 9.17) is 4.99 Å². The van der Waals surface area contributed by atoms with E-state index in [-0.39, 0.29) is 30.0 Å². The average molecular weight is 542 g/mol. The van der Waals surface area contributed by atoms with Crippen LogP contribution in [0.4, 0.5) is 0 Å². The molecule has 2 aromatic heterocycles. The van der Waals surface area contributed by atoms with E-state index in [1.807, 2.05) is 52.6 Å². The molecule has 0 aliphatic carbocycles. The van der Waals surface area contributed by atoms with Gasteiger partial charge in [-0.1, -0.05) is 18.2 Å². The van der Waals surface area contributed by atoms with E-state index in [2.05, 4.69) is 38.8 Å². The van der Waals surface area contributed by atoms with Gasteiger partial charge in [-0.2, -0.15) is 5.10 Å². The third-order valence-corrected chi connectivity index (χ3v) is 5.95. The third-order valence-electron chi connectivity index (χ3n) is 4.74. The Kier molecular flexibility index (Phi) is 9.53. The first-order valence-corrected chi connectivity index (χ1v) is 10.6. The maximum atomic E-state index is 10.6. The average Bonchev–Trinajstić information content (AvgIpc) is 3.32. The van der Waals surface area contributed by atoms with Crippen LogP contribution in [0.1, 0.15) is 29.5 Å². The summed E-state index contributed by atoms with van der Waals surface area (Å²) in [5, 5.41) is 22.6. The van der Waals surface area contributed by atoms with Crippen molar-refractivity contribution in [1.82, 2.24) is 25.3 Å². The number of rotatable bonds is 8. The van der Waals surface area contributed by atoms with Crippen LogP contribution in [-0.4, -0.2) is 59.5 Å². The Morgan fingerprint density at radius 1 is 1.30 bits per heavy atom. The molecule has 0 saturated carbocycles. The molecule has 0 aliphatic heterocycles. The topological polar surface area (TPSA) is 77.7 Å². The highest BCUT2D eigenvalue weighted by atomic mass is 127. The lowest BCUT2D eigenvalue weighted by Gasteiger charge is -2.22. The molecule has 0 aliphatic rings. The largest absolute Gasteiger partial charge is 0.386 e. The van der Waals surface area contributed by atoms with Crippen LogP contribution in [0.15, 0.2) is 47.7 Å². The predicted octanol–water partition coefficient (Wildman–Crippen LogP) is 3.14. The fraction of sp³-hybridized carbons (Fsp3) is 0.429. The van der Waals surface area contributed by atoms with Crippen molar-refractivity contribution in [2.75, 3.05) is 33.7 Å². The number of aromatic nitrogens is 2. The quantitative estimate of drug-likeness (QED) is 0.232. The van der Waals surface area contributed by atoms with E-state index in [1.54, 1.807) is 16.0 Å². The minimum Gasteiger partial charge on any atom is -0.386 e. The van der Waals surface area contributed by atoms with Gasteiger partial charge < -0.3 is 20.6 Å². The van der Waals surface area contributed by atoms with E-state index >= 15 is 0 Å². The van der Waals surface area contributed by atoms with Gasteiger partial charge in [0, 0.05) is 41.5 Å². The normalized spacial score (nSPS) is 13.9. The van der Waals surface area contributed by atoms with Gasteiger partial charge in [0.05, 0.1) is 18.8 Å². The highest BCUT2D eigenvalue weighted by Gasteiger charge is 2.16. The number of aliphatic hydroxyl groups excluding tert-OH is 1. The van der Waals surface area contributed by atoms with Gasteiger partial charge in [0.1, 0.15) is 6.10 Å². The van der Waals surface area contributed by atoms with E-state index in [0.717, 1.165) is 22.4 Å². The molecule has 0 spiro atoms. The number of fused-ring (bicyclic) bond motifs is 1. The number of hydrogen-bond donors (Lipinski definition) is 3. The summed E-state index contributed by atoms with van der Waals surface area (Å²) in [6.07, 6.45) is 3.32. The van der Waals surface area contributed by atoms with Crippen molar-refractivity contribution >= 4 is 51.4 Å². The lowest BCUT2D eigenvalue weighted by atomic mass is 10.1. The molecule has 2 heterocycles. The highest BCUT2D eigenvalue weighted by Crippen LogP contribution is 2.29. The Morgan fingerprint density at radius 2 is 2.07 bits per heavy atom. The van der Waals surface area contributed by atoms with Crippen LogP contribution >= 0.6 is 35.3 Å². The van der Waals surface area contributed by atoms with Gasteiger partial charge in [-0.15, -0.1) is 35.3 Å². The summed E-state index contributed by atoms with van der Waals surface area (Å²) in [5.74, 6) is 0.698. The summed E-state index contributed by atoms with van der Waals surface area (Å²) < 4.78 is 2.99. The lowest BCUT2D eigenvalue weighted by molar-refractivity contribution is 0.184. The minimum atomic E-state index is -0.584. The van der Waals surface area contributed by atoms with Gasteiger partial charge in [-0.3, -0.25) is 9.67 Å². The molecular formula is C21H31IN6OS. The number of thiophene rings is 1. The van der Waals surface area contributed by atoms with Crippen molar-refractivity contribution in [2.24, 2.45) is 12.0 Å². The number of nitrogens with zero attached hydrogens (tertiary/aromatic N) is 4. The minimum absolute atomic E-state index is 0. The summed E-state index contributed by atoms with van der Waals surface area (Å²) in [6.45, 7) is 3.78. The van der Waals surface area contributed by atoms with Crippen molar-refractivity contribution in [3.8, 4) is 0 Å². The zero-order valence-electron chi connectivity index (χ0n) is 17.9. The standard InChI is InChI=1S/C21H30N6OS.HI/c1-5-22-21(23-12-17(26(2)3)16-11-25-27(4)14-16)24-13-18(28)20-10-15-8-6-7-9-19(15)29-20;/h6-11,14,17-18,28H,5,12-13H2,1-4H3,(H2,22,23,24);1H. The molecule has 0 radical (unpaired) electrons. The summed E-state index contributed by atoms with van der Waals surface area (Å²) >= 11 is 1.63. The predicted molar refractivity (Wildman–Crippen MR) is 136 cm³/mol. The number of aryl methyl sites for hydroxylation is 1. The molecular weight excluding hydrogens is 511 g/mol. The SMILES string of the molecule is CCNC(=NCC(c1cnn(C)c1)N(C)C)NCC(O)c1cc2ccccc2s1.I. The van der Waals surface area contributed by atoms with Crippen LogP contribution < -0.4 is 10.6 Å². The van der Waals surface area contributed by atoms with Gasteiger partial charge in [0.25, 0.3) is 0 Å². The zero-order valence-corrected chi connectivity index (χ0v) is 21.0. The number of likely N-dealkylation sites (N-methyl/N-ethyl adjacent to an activating group) is 1. The second-order valence-electron chi connectivity index (χ2n) is 7.23. The Labute approximate surface area is 199 Å². The molecule has 0 saturated heterocycles. The number of nitrogens with one attached hydrogen (secondary N) is 2. The molecule has 0 amide bonds. The smallest absolute Gasteiger partial charge is 0.191 e. The van der Waals surface area contributed by atoms with Crippen molar-refractivity contribution in [3.05, 3.63) is 53.2 Å². The summed E-state index contributed by atoms with van der Waals surface area (Å²) in [5.41, 5.74) is 1.13. The Balaban J connectivity index is 0.00000320. The van der Waals surface area contributed by atoms with Crippen molar-refractivity contribution in [3.63, 3.8) is 0 Å². The number of aliphatic hydroxyl groups is 1. The Hall–Kier alpha value is -1.69. The lowest BCUT2D eigenvalue weighted by Crippen LogP contribution is -2.40. The molecule has 3 aromatic rings. The Morgan fingerprint density at radius 3 is 2.70 bits per heavy atom. The maximum absolute atomic E-state index is 10.6. The van der Waals surface area contributed by atoms with Gasteiger partial charge in [0.2, 0.25) is 0 Å². The van der Waals surface area contributed by atoms with Crippen LogP contribution in [0.3, 0.4) is 0 Å². The van der Waals surface area contributed by atoms with E-state index in [9.17, 15) is 5.11 Å². The third kappa shape index (κ3) is 6.40. The highest BCUT2D eigenvalue weighted by molar-refractivity contribution is 14.0. The van der Waals surface area contributed by atoms with Gasteiger partial charge >= 0.3 is 0 Å². The van der Waals surface area contributed by atoms with Gasteiger partial charge in [-0.05, 0) is 38.5 Å². The van der Waals surface area contributed by atoms with Crippen molar-refractivity contribution in [2.45, 2.75) is 19.1 Å². The van der Waals surface area contributed by atoms with E-state index < -0.39 is 6.10 Å². The fourth-order valence-electron chi connectivity index (χ4n) is 3.16. The fourth-order valence-corrected chi connectivity index (χ4v) is 4.21. The molecule has 2 unspecified atom stereocenters. The molecule has 7 nitrogen and oxygen atoms in total. The zero-order chi connectivity index (χ0) is 20.8. The molecule has 3 N–H and O–H groups in total. The first-order valence-electron chi connectivity index (χ1n) is 9.81. The van der Waals surface area contributed by atoms with Crippen LogP contribution in [0.25, 0.3) is 10.1 Å². The number of guanidine groups is 1. The Bertz CT molecular complexity index is 921. The van der Waals surface area contributed by atoms with Crippen molar-refractivity contribution < 1.29 is 5.11 Å².